The van der Waals surface area contributed by atoms with E-state index in [1.54, 1.807) is 118 Å². The van der Waals surface area contributed by atoms with E-state index in [9.17, 15) is 39.0 Å². The van der Waals surface area contributed by atoms with Gasteiger partial charge in [-0.05, 0) is 60.0 Å². The number of nitrogens with one attached hydrogen (secondary N) is 1. The number of hydrogen-bond acceptors (Lipinski definition) is 15. The van der Waals surface area contributed by atoms with Gasteiger partial charge in [-0.2, -0.15) is 0 Å². The molecule has 0 unspecified atom stereocenters. The Bertz CT molecular complexity index is 2620. The minimum Gasteiger partial charge on any atom is -0.455 e. The van der Waals surface area contributed by atoms with Crippen LogP contribution in [0.2, 0.25) is 0 Å². The van der Waals surface area contributed by atoms with Crippen molar-refractivity contribution in [3.05, 3.63) is 155 Å². The maximum absolute atomic E-state index is 15.3. The minimum absolute atomic E-state index is 0.0438. The third-order valence-electron chi connectivity index (χ3n) is 13.8. The molecule has 368 valence electrons. The highest BCUT2D eigenvalue weighted by molar-refractivity contribution is 5.96. The molecule has 1 amide bonds. The number of carbonyl (C=O) groups is 7. The van der Waals surface area contributed by atoms with Crippen molar-refractivity contribution in [2.75, 3.05) is 6.61 Å². The van der Waals surface area contributed by atoms with Crippen LogP contribution in [0.4, 0.5) is 0 Å². The van der Waals surface area contributed by atoms with Crippen molar-refractivity contribution in [1.29, 1.82) is 0 Å². The predicted molar refractivity (Wildman–Crippen MR) is 250 cm³/mol. The molecule has 0 radical (unpaired) electrons. The summed E-state index contributed by atoms with van der Waals surface area (Å²) in [7, 11) is 0. The van der Waals surface area contributed by atoms with E-state index in [-0.39, 0.29) is 40.9 Å². The number of Topliss-reactive ketones (excluding diaryl/α,β-unsaturated/α-hetero) is 1. The van der Waals surface area contributed by atoms with E-state index in [1.807, 2.05) is 0 Å². The van der Waals surface area contributed by atoms with E-state index in [0.29, 0.717) is 5.56 Å². The molecule has 16 heteroatoms. The van der Waals surface area contributed by atoms with E-state index < -0.39 is 120 Å². The highest BCUT2D eigenvalue weighted by atomic mass is 16.6. The lowest BCUT2D eigenvalue weighted by molar-refractivity contribution is -0.301. The van der Waals surface area contributed by atoms with Gasteiger partial charge in [-0.1, -0.05) is 106 Å². The smallest absolute Gasteiger partial charge is 0.350 e. The second kappa shape index (κ2) is 20.9. The third kappa shape index (κ3) is 10.3. The molecule has 2 bridgehead atoms. The summed E-state index contributed by atoms with van der Waals surface area (Å²) in [6, 6.07) is 30.8. The monoisotopic (exact) mass is 959 g/mol. The summed E-state index contributed by atoms with van der Waals surface area (Å²) in [6.07, 6.45) is -11.0. The summed E-state index contributed by atoms with van der Waals surface area (Å²) in [5, 5.41) is 28.2. The van der Waals surface area contributed by atoms with Crippen LogP contribution < -0.4 is 5.32 Å². The van der Waals surface area contributed by atoms with Crippen LogP contribution in [0.1, 0.15) is 103 Å². The molecule has 1 saturated heterocycles. The largest absolute Gasteiger partial charge is 0.455 e. The number of fused-ring (bicyclic) bond motifs is 3. The van der Waals surface area contributed by atoms with Crippen LogP contribution in [0.15, 0.2) is 132 Å². The first-order chi connectivity index (χ1) is 33.3. The van der Waals surface area contributed by atoms with Crippen LogP contribution in [-0.2, 0) is 47.6 Å². The average Bonchev–Trinajstić information content (AvgIpc) is 3.33. The first-order valence-corrected chi connectivity index (χ1v) is 23.0. The van der Waals surface area contributed by atoms with Gasteiger partial charge in [0.05, 0.1) is 23.8 Å². The van der Waals surface area contributed by atoms with Crippen molar-refractivity contribution in [2.24, 2.45) is 11.3 Å². The lowest BCUT2D eigenvalue weighted by Gasteiger charge is -2.59. The number of ketones is 1. The number of esters is 5. The molecule has 3 aliphatic rings. The Kier molecular flexibility index (Phi) is 15.2. The number of hydrogen-bond donors (Lipinski definition) is 3. The summed E-state index contributed by atoms with van der Waals surface area (Å²) in [4.78, 5) is 98.1. The van der Waals surface area contributed by atoms with Crippen LogP contribution in [0, 0.1) is 11.3 Å². The molecule has 2 fully saturated rings. The molecular weight excluding hydrogens is 903 g/mol. The van der Waals surface area contributed by atoms with Gasteiger partial charge in [0, 0.05) is 50.0 Å². The summed E-state index contributed by atoms with van der Waals surface area (Å²) in [6.45, 7) is 8.20. The fourth-order valence-electron chi connectivity index (χ4n) is 10.0. The third-order valence-corrected chi connectivity index (χ3v) is 13.8. The molecule has 4 aromatic carbocycles. The maximum atomic E-state index is 15.3. The number of aliphatic hydroxyl groups is 2. The zero-order valence-corrected chi connectivity index (χ0v) is 39.7. The van der Waals surface area contributed by atoms with Gasteiger partial charge in [-0.3, -0.25) is 19.2 Å². The van der Waals surface area contributed by atoms with E-state index in [4.69, 9.17) is 28.4 Å². The van der Waals surface area contributed by atoms with Gasteiger partial charge in [-0.25, -0.2) is 14.4 Å². The van der Waals surface area contributed by atoms with E-state index in [2.05, 4.69) is 5.32 Å². The highest BCUT2D eigenvalue weighted by Gasteiger charge is 2.67. The molecule has 1 aliphatic heterocycles. The van der Waals surface area contributed by atoms with Gasteiger partial charge in [0.15, 0.2) is 17.5 Å². The molecule has 1 heterocycles. The Balaban J connectivity index is 1.41. The molecule has 0 spiro atoms. The van der Waals surface area contributed by atoms with Crippen LogP contribution in [0.25, 0.3) is 0 Å². The SMILES string of the molecule is CC(=O)O[C@H]1C(=O)C[C@@H](O)C[C@H]2OC[C@@]2(OC(C)=O)[C@H](C)[C@H](OC(=O)c2ccccc2)[C@]2(O)C[C@H](OC(=O)[C@H](OC(=O)c3ccccc3)[C@@H](NC(=O)c3ccccc3)c3ccccc3)C(C)=C1C2(C)C. The van der Waals surface area contributed by atoms with Crippen molar-refractivity contribution in [2.45, 2.75) is 115 Å². The zero-order valence-electron chi connectivity index (χ0n) is 39.7. The molecule has 16 nitrogen and oxygen atoms in total. The molecule has 1 saturated carbocycles. The number of carbonyl (C=O) groups excluding carboxylic acids is 7. The standard InChI is InChI=1S/C54H57NO15/c1-31-41(67-51(63)46(68-49(61)37-23-15-9-16-24-37)44(35-19-11-7-12-20-35)55-48(60)36-21-13-8-14-22-36)29-54(64)47(69-50(62)38-25-17-10-18-26-38)32(2)53(70-34(4)57)30-65-42(53)28-39(58)27-40(59)45(66-33(3)56)43(31)52(54,5)6/h7-26,32,39,41-42,44-47,58,64H,27-30H2,1-6H3,(H,55,60)/t32-,39-,41+,42-,44+,45+,46-,47+,53-,54-/m1/s1. The molecular formula is C54H57NO15. The topological polar surface area (TPSA) is 227 Å². The minimum atomic E-state index is -2.42. The number of rotatable bonds is 12. The van der Waals surface area contributed by atoms with Gasteiger partial charge in [0.1, 0.15) is 30.0 Å². The molecule has 10 atom stereocenters. The summed E-state index contributed by atoms with van der Waals surface area (Å²) >= 11 is 0. The maximum Gasteiger partial charge on any atom is 0.350 e. The molecule has 4 aromatic rings. The first kappa shape index (κ1) is 50.9. The Labute approximate surface area is 405 Å². The number of ether oxygens (including phenoxy) is 6. The molecule has 0 aromatic heterocycles. The van der Waals surface area contributed by atoms with Gasteiger partial charge in [-0.15, -0.1) is 0 Å². The Morgan fingerprint density at radius 1 is 0.743 bits per heavy atom. The summed E-state index contributed by atoms with van der Waals surface area (Å²) in [5.41, 5.74) is -5.01. The molecule has 3 N–H and O–H groups in total. The second-order valence-corrected chi connectivity index (χ2v) is 18.6. The zero-order chi connectivity index (χ0) is 50.5. The fraction of sp³-hybridized carbons (Fsp3) is 0.389. The average molecular weight is 960 g/mol. The molecule has 7 rings (SSSR count). The van der Waals surface area contributed by atoms with Crippen LogP contribution in [-0.4, -0.2) is 106 Å². The number of aliphatic hydroxyl groups excluding tert-OH is 1. The summed E-state index contributed by atoms with van der Waals surface area (Å²) < 4.78 is 36.6. The first-order valence-electron chi connectivity index (χ1n) is 23.0. The van der Waals surface area contributed by atoms with Crippen molar-refractivity contribution >= 4 is 41.5 Å². The van der Waals surface area contributed by atoms with Crippen molar-refractivity contribution < 1.29 is 72.2 Å². The lowest BCUT2D eigenvalue weighted by Crippen LogP contribution is -2.72. The van der Waals surface area contributed by atoms with Crippen molar-refractivity contribution in [3.8, 4) is 0 Å². The lowest BCUT2D eigenvalue weighted by atomic mass is 9.54. The Morgan fingerprint density at radius 3 is 1.81 bits per heavy atom. The van der Waals surface area contributed by atoms with Crippen LogP contribution in [0.5, 0.6) is 0 Å². The predicted octanol–water partition coefficient (Wildman–Crippen LogP) is 5.99. The van der Waals surface area contributed by atoms with E-state index in [1.165, 1.54) is 38.1 Å². The van der Waals surface area contributed by atoms with E-state index in [0.717, 1.165) is 6.92 Å². The quantitative estimate of drug-likeness (QED) is 0.0842. The fourth-order valence-corrected chi connectivity index (χ4v) is 10.0. The van der Waals surface area contributed by atoms with Crippen LogP contribution in [0.3, 0.4) is 0 Å². The van der Waals surface area contributed by atoms with Gasteiger partial charge < -0.3 is 44.0 Å². The van der Waals surface area contributed by atoms with Crippen molar-refractivity contribution in [3.63, 3.8) is 0 Å². The Hall–Kier alpha value is -7.01. The van der Waals surface area contributed by atoms with Crippen molar-refractivity contribution in [1.82, 2.24) is 5.32 Å². The van der Waals surface area contributed by atoms with Gasteiger partial charge in [0.25, 0.3) is 5.91 Å². The van der Waals surface area contributed by atoms with Crippen LogP contribution >= 0.6 is 0 Å². The Morgan fingerprint density at radius 2 is 1.29 bits per heavy atom. The van der Waals surface area contributed by atoms with Gasteiger partial charge in [0.2, 0.25) is 6.10 Å². The van der Waals surface area contributed by atoms with E-state index >= 15 is 4.79 Å². The van der Waals surface area contributed by atoms with Gasteiger partial charge >= 0.3 is 29.8 Å². The summed E-state index contributed by atoms with van der Waals surface area (Å²) in [5.74, 6) is -7.29. The normalized spacial score (nSPS) is 27.0. The molecule has 70 heavy (non-hydrogen) atoms. The molecule has 2 aliphatic carbocycles. The number of amides is 1. The highest BCUT2D eigenvalue weighted by Crippen LogP contribution is 2.56. The number of benzene rings is 4. The second-order valence-electron chi connectivity index (χ2n) is 18.6.